The largest absolute Gasteiger partial charge is 0.416 e. The smallest absolute Gasteiger partial charge is 0.390 e. The van der Waals surface area contributed by atoms with E-state index in [-0.39, 0.29) is 25.5 Å². The Hall–Kier alpha value is -3.21. The van der Waals surface area contributed by atoms with Gasteiger partial charge >= 0.3 is 6.18 Å². The van der Waals surface area contributed by atoms with E-state index >= 15 is 0 Å². The molecule has 0 aliphatic carbocycles. The molecule has 1 unspecified atom stereocenters. The Kier molecular flexibility index (Phi) is 10.1. The SMILES string of the molecule is CS(=O)(=O)N1CCc2c(c(-c3ccc(C(F)(F)F)cc3)nn2CC(O)CN2CCN(c3c(Cl)cccc3C(=O)N3CCOCC3)CC2)C1. The van der Waals surface area contributed by atoms with Gasteiger partial charge in [-0.3, -0.25) is 14.4 Å². The molecule has 3 aromatic rings. The predicted octanol–water partition coefficient (Wildman–Crippen LogP) is 3.20. The van der Waals surface area contributed by atoms with E-state index in [9.17, 15) is 31.5 Å². The molecule has 2 aromatic carbocycles. The number of carbonyl (C=O) groups excluding carboxylic acids is 1. The van der Waals surface area contributed by atoms with Crippen molar-refractivity contribution < 1.29 is 36.2 Å². The van der Waals surface area contributed by atoms with Gasteiger partial charge in [-0.25, -0.2) is 8.42 Å². The third-order valence-electron chi connectivity index (χ3n) is 9.11. The number of aromatic nitrogens is 2. The molecule has 0 spiro atoms. The van der Waals surface area contributed by atoms with Gasteiger partial charge in [-0.05, 0) is 24.3 Å². The number of ether oxygens (including phenoxy) is 1. The third-order valence-corrected chi connectivity index (χ3v) is 10.7. The van der Waals surface area contributed by atoms with Gasteiger partial charge in [-0.1, -0.05) is 29.8 Å². The minimum Gasteiger partial charge on any atom is -0.390 e. The first-order chi connectivity index (χ1) is 22.8. The highest BCUT2D eigenvalue weighted by Gasteiger charge is 2.33. The molecule has 260 valence electrons. The second-order valence-electron chi connectivity index (χ2n) is 12.4. The van der Waals surface area contributed by atoms with Gasteiger partial charge in [0.2, 0.25) is 10.0 Å². The molecule has 0 saturated carbocycles. The molecule has 3 aliphatic heterocycles. The molecular weight excluding hydrogens is 673 g/mol. The number of nitrogens with zero attached hydrogens (tertiary/aromatic N) is 6. The molecule has 1 aromatic heterocycles. The fourth-order valence-electron chi connectivity index (χ4n) is 6.60. The number of rotatable bonds is 8. The molecule has 4 heterocycles. The minimum atomic E-state index is -4.49. The van der Waals surface area contributed by atoms with Crippen LogP contribution in [-0.4, -0.2) is 121 Å². The Morgan fingerprint density at radius 1 is 1.00 bits per heavy atom. The maximum absolute atomic E-state index is 13.4. The summed E-state index contributed by atoms with van der Waals surface area (Å²) in [6.07, 6.45) is -3.84. The van der Waals surface area contributed by atoms with Crippen LogP contribution in [0.15, 0.2) is 42.5 Å². The highest BCUT2D eigenvalue weighted by molar-refractivity contribution is 7.88. The van der Waals surface area contributed by atoms with E-state index in [1.165, 1.54) is 16.4 Å². The van der Waals surface area contributed by atoms with Crippen molar-refractivity contribution in [2.45, 2.75) is 31.8 Å². The Balaban J connectivity index is 1.14. The van der Waals surface area contributed by atoms with Gasteiger partial charge in [0.25, 0.3) is 5.91 Å². The average molecular weight is 711 g/mol. The Bertz CT molecular complexity index is 1740. The molecule has 48 heavy (non-hydrogen) atoms. The van der Waals surface area contributed by atoms with Crippen LogP contribution in [0.4, 0.5) is 18.9 Å². The number of carbonyl (C=O) groups is 1. The van der Waals surface area contributed by atoms with Gasteiger partial charge < -0.3 is 19.6 Å². The molecule has 2 saturated heterocycles. The summed E-state index contributed by atoms with van der Waals surface area (Å²) in [6, 6.07) is 10.00. The number of β-amino-alcohol motifs (C(OH)–C–C–N with tert-alkyl or cyclic N) is 1. The van der Waals surface area contributed by atoms with Crippen LogP contribution in [0.25, 0.3) is 11.3 Å². The Morgan fingerprint density at radius 2 is 1.69 bits per heavy atom. The van der Waals surface area contributed by atoms with Gasteiger partial charge in [0, 0.05) is 82.1 Å². The van der Waals surface area contributed by atoms with Crippen LogP contribution >= 0.6 is 11.6 Å². The maximum Gasteiger partial charge on any atom is 0.416 e. The van der Waals surface area contributed by atoms with Crippen molar-refractivity contribution in [3.63, 3.8) is 0 Å². The molecule has 1 amide bonds. The number of anilines is 1. The summed E-state index contributed by atoms with van der Waals surface area (Å²) in [4.78, 5) is 19.4. The predicted molar refractivity (Wildman–Crippen MR) is 174 cm³/mol. The summed E-state index contributed by atoms with van der Waals surface area (Å²) in [6.45, 7) is 5.22. The van der Waals surface area contributed by atoms with Crippen molar-refractivity contribution in [2.24, 2.45) is 0 Å². The van der Waals surface area contributed by atoms with E-state index < -0.39 is 27.9 Å². The van der Waals surface area contributed by atoms with E-state index in [0.29, 0.717) is 98.5 Å². The molecule has 0 radical (unpaired) electrons. The van der Waals surface area contributed by atoms with Crippen LogP contribution in [0.1, 0.15) is 27.2 Å². The monoisotopic (exact) mass is 710 g/mol. The van der Waals surface area contributed by atoms with Crippen LogP contribution in [0.2, 0.25) is 5.02 Å². The number of morpholine rings is 1. The normalized spacial score (nSPS) is 19.0. The molecular formula is C32H38ClF3N6O5S. The van der Waals surface area contributed by atoms with Gasteiger partial charge in [0.15, 0.2) is 0 Å². The fourth-order valence-corrected chi connectivity index (χ4v) is 7.69. The molecule has 1 N–H and O–H groups in total. The number of halogens is 4. The van der Waals surface area contributed by atoms with Gasteiger partial charge in [-0.2, -0.15) is 22.6 Å². The number of sulfonamides is 1. The van der Waals surface area contributed by atoms with Crippen molar-refractivity contribution >= 4 is 33.2 Å². The van der Waals surface area contributed by atoms with Gasteiger partial charge in [-0.15, -0.1) is 0 Å². The number of piperazine rings is 1. The first-order valence-corrected chi connectivity index (χ1v) is 18.0. The lowest BCUT2D eigenvalue weighted by atomic mass is 10.0. The molecule has 6 rings (SSSR count). The van der Waals surface area contributed by atoms with Crippen LogP contribution in [0, 0.1) is 0 Å². The van der Waals surface area contributed by atoms with Crippen molar-refractivity contribution in [1.29, 1.82) is 0 Å². The van der Waals surface area contributed by atoms with Crippen molar-refractivity contribution in [3.8, 4) is 11.3 Å². The summed E-state index contributed by atoms with van der Waals surface area (Å²) < 4.78 is 72.7. The second-order valence-corrected chi connectivity index (χ2v) is 14.7. The third kappa shape index (κ3) is 7.50. The lowest BCUT2D eigenvalue weighted by molar-refractivity contribution is -0.137. The van der Waals surface area contributed by atoms with E-state index in [2.05, 4.69) is 9.80 Å². The molecule has 2 fully saturated rings. The summed E-state index contributed by atoms with van der Waals surface area (Å²) in [5.41, 5.74) is 2.68. The van der Waals surface area contributed by atoms with Crippen molar-refractivity contribution in [3.05, 3.63) is 69.9 Å². The summed E-state index contributed by atoms with van der Waals surface area (Å²) >= 11 is 6.64. The molecule has 0 bridgehead atoms. The average Bonchev–Trinajstić information content (AvgIpc) is 3.41. The van der Waals surface area contributed by atoms with Crippen LogP contribution < -0.4 is 4.90 Å². The van der Waals surface area contributed by atoms with E-state index in [0.717, 1.165) is 24.1 Å². The van der Waals surface area contributed by atoms with E-state index in [4.69, 9.17) is 21.4 Å². The quantitative estimate of drug-likeness (QED) is 0.380. The molecule has 3 aliphatic rings. The van der Waals surface area contributed by atoms with E-state index in [1.807, 2.05) is 0 Å². The zero-order valence-electron chi connectivity index (χ0n) is 26.5. The fraction of sp³-hybridized carbons (Fsp3) is 0.500. The Morgan fingerprint density at radius 3 is 2.33 bits per heavy atom. The highest BCUT2D eigenvalue weighted by Crippen LogP contribution is 2.35. The van der Waals surface area contributed by atoms with Gasteiger partial charge in [0.1, 0.15) is 0 Å². The topological polar surface area (TPSA) is 111 Å². The van der Waals surface area contributed by atoms with Gasteiger partial charge in [0.05, 0.1) is 59.6 Å². The number of benzene rings is 2. The lowest BCUT2D eigenvalue weighted by Crippen LogP contribution is -2.50. The summed E-state index contributed by atoms with van der Waals surface area (Å²) in [5, 5.41) is 16.4. The van der Waals surface area contributed by atoms with Crippen LogP contribution in [0.3, 0.4) is 0 Å². The zero-order chi connectivity index (χ0) is 34.2. The maximum atomic E-state index is 13.4. The standard InChI is InChI=1S/C32H38ClF3N6O5S/c1-48(45,46)41-10-9-28-26(21-41)29(22-5-7-23(8-6-22)32(34,35)36)37-42(28)20-24(43)19-38-11-13-39(14-12-38)30-25(3-2-4-27(30)33)31(44)40-15-17-47-18-16-40/h2-8,24,43H,9-21H2,1H3. The second kappa shape index (κ2) is 14.0. The van der Waals surface area contributed by atoms with Crippen LogP contribution in [-0.2, 0) is 40.4 Å². The first-order valence-electron chi connectivity index (χ1n) is 15.8. The number of hydrogen-bond donors (Lipinski definition) is 1. The summed E-state index contributed by atoms with van der Waals surface area (Å²) in [5.74, 6) is -0.0773. The first kappa shape index (κ1) is 34.6. The number of aliphatic hydroxyl groups is 1. The molecule has 11 nitrogen and oxygen atoms in total. The van der Waals surface area contributed by atoms with Crippen LogP contribution in [0.5, 0.6) is 0 Å². The number of para-hydroxylation sites is 1. The molecule has 1 atom stereocenters. The number of hydrogen-bond acceptors (Lipinski definition) is 8. The van der Waals surface area contributed by atoms with Crippen molar-refractivity contribution in [2.75, 3.05) is 76.7 Å². The van der Waals surface area contributed by atoms with E-state index in [1.54, 1.807) is 27.8 Å². The highest BCUT2D eigenvalue weighted by atomic mass is 35.5. The van der Waals surface area contributed by atoms with Crippen molar-refractivity contribution in [1.82, 2.24) is 23.9 Å². The number of fused-ring (bicyclic) bond motifs is 1. The summed E-state index contributed by atoms with van der Waals surface area (Å²) in [7, 11) is -3.51. The number of alkyl halides is 3. The number of amides is 1. The zero-order valence-corrected chi connectivity index (χ0v) is 28.1. The molecule has 16 heteroatoms. The minimum absolute atomic E-state index is 0.0423. The Labute approximate surface area is 282 Å². The number of aliphatic hydroxyl groups excluding tert-OH is 1. The lowest BCUT2D eigenvalue weighted by Gasteiger charge is -2.38.